The third-order valence-electron chi connectivity index (χ3n) is 17.2. The van der Waals surface area contributed by atoms with Crippen LogP contribution >= 0.6 is 0 Å². The van der Waals surface area contributed by atoms with Crippen molar-refractivity contribution in [2.75, 3.05) is 13.2 Å². The predicted octanol–water partition coefficient (Wildman–Crippen LogP) is 23.7. The molecule has 1 amide bonds. The second-order valence-electron chi connectivity index (χ2n) is 25.3. The molecule has 6 heteroatoms. The van der Waals surface area contributed by atoms with Gasteiger partial charge in [-0.25, -0.2) is 0 Å². The van der Waals surface area contributed by atoms with Crippen LogP contribution in [0.25, 0.3) is 0 Å². The average molecular weight is 1130 g/mol. The lowest BCUT2D eigenvalue weighted by molar-refractivity contribution is -0.143. The summed E-state index contributed by atoms with van der Waals surface area (Å²) in [7, 11) is 0. The van der Waals surface area contributed by atoms with Crippen molar-refractivity contribution in [3.8, 4) is 0 Å². The smallest absolute Gasteiger partial charge is 0.305 e. The Morgan fingerprint density at radius 3 is 0.887 bits per heavy atom. The van der Waals surface area contributed by atoms with Crippen LogP contribution < -0.4 is 5.32 Å². The molecule has 2 unspecified atom stereocenters. The number of hydrogen-bond acceptors (Lipinski definition) is 5. The van der Waals surface area contributed by atoms with Crippen molar-refractivity contribution in [1.29, 1.82) is 0 Å². The number of nitrogens with one attached hydrogen (secondary N) is 1. The normalized spacial score (nSPS) is 12.6. The van der Waals surface area contributed by atoms with E-state index in [0.29, 0.717) is 19.4 Å². The molecule has 0 rings (SSSR count). The number of carbonyl (C=O) groups is 2. The molecule has 0 aliphatic rings. The molecule has 0 aromatic carbocycles. The van der Waals surface area contributed by atoms with E-state index in [0.717, 1.165) is 44.9 Å². The molecule has 0 saturated heterocycles. The summed E-state index contributed by atoms with van der Waals surface area (Å²) in [5, 5.41) is 23.3. The van der Waals surface area contributed by atoms with Crippen LogP contribution in [0.3, 0.4) is 0 Å². The standard InChI is InChI=1S/C74H143NO5/c1-3-5-7-9-11-13-15-17-19-21-22-23-24-25-28-31-35-38-42-46-50-54-58-62-66-72(77)71(70-76)75-73(78)67-63-59-55-51-47-43-39-36-32-29-26-27-30-33-37-41-45-49-53-57-61-65-69-80-74(79)68-64-60-56-52-48-44-40-34-20-18-16-14-12-10-8-6-4-2/h29,32,62,66,71-72,76-77H,3-28,30-31,33-61,63-65,67-70H2,1-2H3,(H,75,78)/b32-29-,66-62+. The monoisotopic (exact) mass is 1130 g/mol. The number of carbonyl (C=O) groups excluding carboxylic acids is 2. The lowest BCUT2D eigenvalue weighted by Gasteiger charge is -2.20. The molecule has 0 saturated carbocycles. The molecular weight excluding hydrogens is 983 g/mol. The number of esters is 1. The third-order valence-corrected chi connectivity index (χ3v) is 17.2. The number of aliphatic hydroxyl groups excluding tert-OH is 2. The minimum atomic E-state index is -0.850. The second-order valence-corrected chi connectivity index (χ2v) is 25.3. The van der Waals surface area contributed by atoms with Gasteiger partial charge in [-0.05, 0) is 57.8 Å². The maximum absolute atomic E-state index is 12.5. The van der Waals surface area contributed by atoms with Crippen molar-refractivity contribution < 1.29 is 24.5 Å². The molecule has 0 aliphatic carbocycles. The molecule has 80 heavy (non-hydrogen) atoms. The Labute approximate surface area is 501 Å². The van der Waals surface area contributed by atoms with E-state index in [2.05, 4.69) is 31.3 Å². The lowest BCUT2D eigenvalue weighted by Crippen LogP contribution is -2.45. The number of unbranched alkanes of at least 4 members (excludes halogenated alkanes) is 56. The number of hydrogen-bond donors (Lipinski definition) is 3. The van der Waals surface area contributed by atoms with Gasteiger partial charge in [0.1, 0.15) is 0 Å². The fraction of sp³-hybridized carbons (Fsp3) is 0.919. The fourth-order valence-corrected chi connectivity index (χ4v) is 11.6. The van der Waals surface area contributed by atoms with Gasteiger partial charge in [0.15, 0.2) is 0 Å². The van der Waals surface area contributed by atoms with Gasteiger partial charge in [-0.2, -0.15) is 0 Å². The molecular formula is C74H143NO5. The van der Waals surface area contributed by atoms with E-state index in [4.69, 9.17) is 4.74 Å². The molecule has 0 aliphatic heterocycles. The first kappa shape index (κ1) is 78.3. The van der Waals surface area contributed by atoms with E-state index in [-0.39, 0.29) is 18.5 Å². The largest absolute Gasteiger partial charge is 0.466 e. The van der Waals surface area contributed by atoms with E-state index in [1.165, 1.54) is 340 Å². The summed E-state index contributed by atoms with van der Waals surface area (Å²) in [5.41, 5.74) is 0. The number of rotatable bonds is 69. The summed E-state index contributed by atoms with van der Waals surface area (Å²) in [6.45, 7) is 4.95. The van der Waals surface area contributed by atoms with Crippen LogP contribution in [0.4, 0.5) is 0 Å². The molecule has 0 bridgehead atoms. The van der Waals surface area contributed by atoms with Crippen molar-refractivity contribution in [2.24, 2.45) is 0 Å². The summed E-state index contributed by atoms with van der Waals surface area (Å²) in [5.74, 6) is -0.0560. The van der Waals surface area contributed by atoms with E-state index >= 15 is 0 Å². The van der Waals surface area contributed by atoms with Crippen molar-refractivity contribution >= 4 is 11.9 Å². The SMILES string of the molecule is CCCCCCCCCCCCCCCCCCCCCCCC/C=C/C(O)C(CO)NC(=O)CCCCCCCCC/C=C\CCCCCCCCCCCCCOC(=O)CCCCCCCCCCCCCCCCCCC. The number of aliphatic hydroxyl groups is 2. The maximum atomic E-state index is 12.5. The zero-order valence-electron chi connectivity index (χ0n) is 54.3. The van der Waals surface area contributed by atoms with Crippen LogP contribution in [0, 0.1) is 0 Å². The molecule has 6 nitrogen and oxygen atoms in total. The van der Waals surface area contributed by atoms with Crippen LogP contribution in [0.1, 0.15) is 412 Å². The zero-order valence-corrected chi connectivity index (χ0v) is 54.3. The number of amides is 1. The quantitative estimate of drug-likeness (QED) is 0.0320. The van der Waals surface area contributed by atoms with Gasteiger partial charge in [-0.15, -0.1) is 0 Å². The first-order chi connectivity index (χ1) is 39.5. The van der Waals surface area contributed by atoms with Crippen LogP contribution in [0.5, 0.6) is 0 Å². The van der Waals surface area contributed by atoms with E-state index in [1.54, 1.807) is 6.08 Å². The third kappa shape index (κ3) is 65.5. The van der Waals surface area contributed by atoms with Gasteiger partial charge in [0.05, 0.1) is 25.4 Å². The highest BCUT2D eigenvalue weighted by atomic mass is 16.5. The number of allylic oxidation sites excluding steroid dienone is 3. The molecule has 0 heterocycles. The van der Waals surface area contributed by atoms with Crippen LogP contribution in [0.2, 0.25) is 0 Å². The first-order valence-corrected chi connectivity index (χ1v) is 36.6. The molecule has 474 valence electrons. The average Bonchev–Trinajstić information content (AvgIpc) is 3.46. The molecule has 3 N–H and O–H groups in total. The summed E-state index contributed by atoms with van der Waals surface area (Å²) in [4.78, 5) is 24.6. The minimum Gasteiger partial charge on any atom is -0.466 e. The Hall–Kier alpha value is -1.66. The van der Waals surface area contributed by atoms with E-state index < -0.39 is 12.1 Å². The van der Waals surface area contributed by atoms with Crippen molar-refractivity contribution in [2.45, 2.75) is 424 Å². The molecule has 0 aromatic rings. The molecule has 0 radical (unpaired) electrons. The summed E-state index contributed by atoms with van der Waals surface area (Å²) < 4.78 is 5.50. The van der Waals surface area contributed by atoms with Gasteiger partial charge < -0.3 is 20.3 Å². The van der Waals surface area contributed by atoms with Crippen LogP contribution in [-0.2, 0) is 14.3 Å². The molecule has 0 fully saturated rings. The Morgan fingerprint density at radius 2 is 0.588 bits per heavy atom. The summed E-state index contributed by atoms with van der Waals surface area (Å²) >= 11 is 0. The molecule has 2 atom stereocenters. The number of ether oxygens (including phenoxy) is 1. The van der Waals surface area contributed by atoms with Crippen LogP contribution in [0.15, 0.2) is 24.3 Å². The first-order valence-electron chi connectivity index (χ1n) is 36.6. The van der Waals surface area contributed by atoms with Crippen molar-refractivity contribution in [3.05, 3.63) is 24.3 Å². The van der Waals surface area contributed by atoms with Gasteiger partial charge in [-0.1, -0.05) is 366 Å². The fourth-order valence-electron chi connectivity index (χ4n) is 11.6. The topological polar surface area (TPSA) is 95.9 Å². The van der Waals surface area contributed by atoms with Gasteiger partial charge >= 0.3 is 5.97 Å². The Kier molecular flexibility index (Phi) is 68.4. The van der Waals surface area contributed by atoms with Crippen molar-refractivity contribution in [3.63, 3.8) is 0 Å². The summed E-state index contributed by atoms with van der Waals surface area (Å²) in [6, 6.07) is -0.634. The van der Waals surface area contributed by atoms with Crippen LogP contribution in [-0.4, -0.2) is 47.4 Å². The van der Waals surface area contributed by atoms with Gasteiger partial charge in [0.25, 0.3) is 0 Å². The Bertz CT molecular complexity index is 1250. The molecule has 0 aromatic heterocycles. The van der Waals surface area contributed by atoms with Crippen molar-refractivity contribution in [1.82, 2.24) is 5.32 Å². The highest BCUT2D eigenvalue weighted by Gasteiger charge is 2.18. The summed E-state index contributed by atoms with van der Waals surface area (Å²) in [6.07, 6.45) is 88.3. The van der Waals surface area contributed by atoms with Gasteiger partial charge in [-0.3, -0.25) is 9.59 Å². The highest BCUT2D eigenvalue weighted by molar-refractivity contribution is 5.76. The molecule has 0 spiro atoms. The maximum Gasteiger partial charge on any atom is 0.305 e. The van der Waals surface area contributed by atoms with E-state index in [9.17, 15) is 19.8 Å². The lowest BCUT2D eigenvalue weighted by atomic mass is 10.0. The highest BCUT2D eigenvalue weighted by Crippen LogP contribution is 2.19. The minimum absolute atomic E-state index is 0.0144. The van der Waals surface area contributed by atoms with E-state index in [1.807, 2.05) is 6.08 Å². The predicted molar refractivity (Wildman–Crippen MR) is 352 cm³/mol. The Balaban J connectivity index is 3.43. The second kappa shape index (κ2) is 69.8. The zero-order chi connectivity index (χ0) is 57.8. The Morgan fingerprint density at radius 1 is 0.338 bits per heavy atom. The van der Waals surface area contributed by atoms with Gasteiger partial charge in [0.2, 0.25) is 5.91 Å². The van der Waals surface area contributed by atoms with Gasteiger partial charge in [0, 0.05) is 12.8 Å².